The second-order valence-electron chi connectivity index (χ2n) is 2.19. The van der Waals surface area contributed by atoms with Gasteiger partial charge < -0.3 is 4.18 Å². The topological polar surface area (TPSA) is 9.23 Å². The van der Waals surface area contributed by atoms with Gasteiger partial charge in [-0.1, -0.05) is 0 Å². The summed E-state index contributed by atoms with van der Waals surface area (Å²) in [6.07, 6.45) is 6.60. The van der Waals surface area contributed by atoms with Gasteiger partial charge in [0, 0.05) is 11.7 Å². The zero-order chi connectivity index (χ0) is 6.69. The molecule has 1 fully saturated rings. The summed E-state index contributed by atoms with van der Waals surface area (Å²) in [5.74, 6) is 4.10. The quantitative estimate of drug-likeness (QED) is 0.376. The smallest absolute Gasteiger partial charge is 0.0831 e. The molecule has 50 valence electrons. The fourth-order valence-electron chi connectivity index (χ4n) is 0.851. The van der Waals surface area contributed by atoms with Crippen LogP contribution in [0.2, 0.25) is 0 Å². The molecular formula is C7H10OS. The minimum atomic E-state index is 0.244. The third kappa shape index (κ3) is 1.64. The molecule has 0 N–H and O–H groups in total. The zero-order valence-corrected chi connectivity index (χ0v) is 6.28. The molecule has 0 aromatic carbocycles. The lowest BCUT2D eigenvalue weighted by Crippen LogP contribution is -2.21. The van der Waals surface area contributed by atoms with Crippen LogP contribution in [0.4, 0.5) is 0 Å². The number of hydrogen-bond acceptors (Lipinski definition) is 2. The molecule has 0 radical (unpaired) electrons. The molecular weight excluding hydrogens is 132 g/mol. The van der Waals surface area contributed by atoms with Gasteiger partial charge in [0.1, 0.15) is 0 Å². The summed E-state index contributed by atoms with van der Waals surface area (Å²) in [5.41, 5.74) is 0. The van der Waals surface area contributed by atoms with Crippen LogP contribution in [0.25, 0.3) is 0 Å². The van der Waals surface area contributed by atoms with Crippen LogP contribution < -0.4 is 0 Å². The Kier molecular flexibility index (Phi) is 2.44. The van der Waals surface area contributed by atoms with Gasteiger partial charge in [0.15, 0.2) is 0 Å². The van der Waals surface area contributed by atoms with Crippen LogP contribution >= 0.6 is 12.0 Å². The third-order valence-corrected chi connectivity index (χ3v) is 2.35. The molecule has 0 amide bonds. The van der Waals surface area contributed by atoms with Crippen molar-refractivity contribution in [3.05, 3.63) is 0 Å². The van der Waals surface area contributed by atoms with E-state index in [0.29, 0.717) is 5.92 Å². The summed E-state index contributed by atoms with van der Waals surface area (Å²) in [6.45, 7) is 2.02. The standard InChI is InChI=1S/C7H10OS/c1-3-7-4-5-9-8-6(7)2/h1,6-7H,4-5H2,2H3. The van der Waals surface area contributed by atoms with Crippen LogP contribution in [0, 0.1) is 18.3 Å². The highest BCUT2D eigenvalue weighted by molar-refractivity contribution is 7.94. The number of rotatable bonds is 0. The molecule has 1 aliphatic rings. The van der Waals surface area contributed by atoms with E-state index in [4.69, 9.17) is 10.6 Å². The van der Waals surface area contributed by atoms with E-state index in [1.54, 1.807) is 0 Å². The van der Waals surface area contributed by atoms with Crippen molar-refractivity contribution in [2.75, 3.05) is 5.75 Å². The summed E-state index contributed by atoms with van der Waals surface area (Å²) in [7, 11) is 0. The molecule has 9 heavy (non-hydrogen) atoms. The van der Waals surface area contributed by atoms with Gasteiger partial charge in [-0.25, -0.2) is 0 Å². The van der Waals surface area contributed by atoms with Gasteiger partial charge >= 0.3 is 0 Å². The largest absolute Gasteiger partial charge is 0.311 e. The molecule has 0 bridgehead atoms. The van der Waals surface area contributed by atoms with Gasteiger partial charge in [0.25, 0.3) is 0 Å². The van der Waals surface area contributed by atoms with Gasteiger partial charge in [-0.2, -0.15) is 0 Å². The highest BCUT2D eigenvalue weighted by Gasteiger charge is 2.19. The van der Waals surface area contributed by atoms with Gasteiger partial charge in [-0.15, -0.1) is 12.3 Å². The van der Waals surface area contributed by atoms with Gasteiger partial charge in [-0.05, 0) is 25.4 Å². The Bertz CT molecular complexity index is 127. The van der Waals surface area contributed by atoms with E-state index in [-0.39, 0.29) is 6.10 Å². The Balaban J connectivity index is 2.41. The van der Waals surface area contributed by atoms with E-state index in [2.05, 4.69) is 5.92 Å². The summed E-state index contributed by atoms with van der Waals surface area (Å²) in [6, 6.07) is 0. The van der Waals surface area contributed by atoms with E-state index in [1.165, 1.54) is 12.0 Å². The molecule has 2 atom stereocenters. The maximum absolute atomic E-state index is 5.26. The Labute approximate surface area is 60.4 Å². The molecule has 1 aliphatic heterocycles. The SMILES string of the molecule is C#CC1CCSOC1C. The van der Waals surface area contributed by atoms with E-state index >= 15 is 0 Å². The van der Waals surface area contributed by atoms with E-state index in [9.17, 15) is 0 Å². The predicted molar refractivity (Wildman–Crippen MR) is 39.9 cm³/mol. The maximum atomic E-state index is 5.26. The van der Waals surface area contributed by atoms with Gasteiger partial charge in [0.2, 0.25) is 0 Å². The minimum Gasteiger partial charge on any atom is -0.311 e. The second kappa shape index (κ2) is 3.14. The first-order valence-electron chi connectivity index (χ1n) is 3.09. The molecule has 1 rings (SSSR count). The summed E-state index contributed by atoms with van der Waals surface area (Å²) in [5, 5.41) is 0. The second-order valence-corrected chi connectivity index (χ2v) is 3.02. The molecule has 1 saturated heterocycles. The van der Waals surface area contributed by atoms with Crippen LogP contribution in [-0.4, -0.2) is 11.9 Å². The van der Waals surface area contributed by atoms with Crippen molar-refractivity contribution >= 4 is 12.0 Å². The number of hydrogen-bond donors (Lipinski definition) is 0. The molecule has 1 nitrogen and oxygen atoms in total. The molecule has 0 saturated carbocycles. The minimum absolute atomic E-state index is 0.244. The van der Waals surface area contributed by atoms with E-state index < -0.39 is 0 Å². The first-order chi connectivity index (χ1) is 4.34. The Morgan fingerprint density at radius 1 is 1.78 bits per heavy atom. The summed E-state index contributed by atoms with van der Waals surface area (Å²) in [4.78, 5) is 0. The van der Waals surface area contributed by atoms with Crippen LogP contribution in [-0.2, 0) is 4.18 Å². The van der Waals surface area contributed by atoms with Gasteiger partial charge in [-0.3, -0.25) is 0 Å². The van der Waals surface area contributed by atoms with Crippen LogP contribution in [0.15, 0.2) is 0 Å². The predicted octanol–water partition coefficient (Wildman–Crippen LogP) is 1.69. The molecule has 0 aromatic heterocycles. The van der Waals surface area contributed by atoms with Crippen LogP contribution in [0.5, 0.6) is 0 Å². The lowest BCUT2D eigenvalue weighted by Gasteiger charge is -2.23. The zero-order valence-electron chi connectivity index (χ0n) is 5.46. The molecule has 0 aromatic rings. The van der Waals surface area contributed by atoms with Crippen LogP contribution in [0.1, 0.15) is 13.3 Å². The van der Waals surface area contributed by atoms with Crippen molar-refractivity contribution in [3.63, 3.8) is 0 Å². The summed E-state index contributed by atoms with van der Waals surface area (Å²) >= 11 is 1.53. The van der Waals surface area contributed by atoms with Crippen molar-refractivity contribution < 1.29 is 4.18 Å². The van der Waals surface area contributed by atoms with Gasteiger partial charge in [0.05, 0.1) is 6.10 Å². The molecule has 0 aliphatic carbocycles. The highest BCUT2D eigenvalue weighted by atomic mass is 32.2. The normalized spacial score (nSPS) is 35.6. The Morgan fingerprint density at radius 2 is 2.56 bits per heavy atom. The van der Waals surface area contributed by atoms with Crippen molar-refractivity contribution in [3.8, 4) is 12.3 Å². The first kappa shape index (κ1) is 6.98. The van der Waals surface area contributed by atoms with Crippen molar-refractivity contribution in [1.29, 1.82) is 0 Å². The average molecular weight is 142 g/mol. The first-order valence-corrected chi connectivity index (χ1v) is 4.00. The fourth-order valence-corrected chi connectivity index (χ4v) is 1.65. The van der Waals surface area contributed by atoms with E-state index in [1.807, 2.05) is 6.92 Å². The van der Waals surface area contributed by atoms with E-state index in [0.717, 1.165) is 12.2 Å². The summed E-state index contributed by atoms with van der Waals surface area (Å²) < 4.78 is 5.26. The Hall–Kier alpha value is -0.130. The number of terminal acetylenes is 1. The third-order valence-electron chi connectivity index (χ3n) is 1.51. The highest BCUT2D eigenvalue weighted by Crippen LogP contribution is 2.25. The fraction of sp³-hybridized carbons (Fsp3) is 0.714. The Morgan fingerprint density at radius 3 is 3.00 bits per heavy atom. The molecule has 1 heterocycles. The molecule has 0 spiro atoms. The monoisotopic (exact) mass is 142 g/mol. The van der Waals surface area contributed by atoms with Crippen molar-refractivity contribution in [2.45, 2.75) is 19.4 Å². The van der Waals surface area contributed by atoms with Crippen molar-refractivity contribution in [1.82, 2.24) is 0 Å². The maximum Gasteiger partial charge on any atom is 0.0831 e. The lowest BCUT2D eigenvalue weighted by molar-refractivity contribution is 0.198. The molecule has 2 unspecified atom stereocenters. The van der Waals surface area contributed by atoms with Crippen LogP contribution in [0.3, 0.4) is 0 Å². The van der Waals surface area contributed by atoms with Crippen molar-refractivity contribution in [2.24, 2.45) is 5.92 Å². The average Bonchev–Trinajstić information content (AvgIpc) is 1.89. The lowest BCUT2D eigenvalue weighted by atomic mass is 10.0. The molecule has 2 heteroatoms.